The second kappa shape index (κ2) is 1.94. The van der Waals surface area contributed by atoms with Crippen molar-refractivity contribution >= 4 is 9.84 Å². The SMILES string of the molecule is CC1(C)CC(F)CS1(=O)=O. The van der Waals surface area contributed by atoms with Crippen molar-refractivity contribution in [3.05, 3.63) is 0 Å². The summed E-state index contributed by atoms with van der Waals surface area (Å²) in [6.07, 6.45) is -1.00. The maximum atomic E-state index is 12.5. The fourth-order valence-corrected chi connectivity index (χ4v) is 2.66. The Morgan fingerprint density at radius 1 is 1.50 bits per heavy atom. The zero-order valence-corrected chi connectivity index (χ0v) is 6.91. The summed E-state index contributed by atoms with van der Waals surface area (Å²) in [6.45, 7) is 3.14. The Morgan fingerprint density at radius 3 is 2.10 bits per heavy atom. The predicted molar refractivity (Wildman–Crippen MR) is 37.4 cm³/mol. The first kappa shape index (κ1) is 7.98. The first-order valence-corrected chi connectivity index (χ1v) is 4.87. The van der Waals surface area contributed by atoms with Crippen LogP contribution in [0.5, 0.6) is 0 Å². The molecule has 0 aromatic heterocycles. The van der Waals surface area contributed by atoms with Crippen LogP contribution in [0, 0.1) is 0 Å². The minimum atomic E-state index is -3.15. The van der Waals surface area contributed by atoms with Crippen LogP contribution in [0.25, 0.3) is 0 Å². The molecule has 0 spiro atoms. The van der Waals surface area contributed by atoms with Crippen molar-refractivity contribution in [1.29, 1.82) is 0 Å². The van der Waals surface area contributed by atoms with Gasteiger partial charge in [0.05, 0.1) is 10.5 Å². The van der Waals surface area contributed by atoms with E-state index in [1.54, 1.807) is 13.8 Å². The monoisotopic (exact) mass is 166 g/mol. The third kappa shape index (κ3) is 1.05. The van der Waals surface area contributed by atoms with Gasteiger partial charge in [-0.25, -0.2) is 12.8 Å². The molecule has 0 saturated carbocycles. The highest BCUT2D eigenvalue weighted by molar-refractivity contribution is 7.93. The van der Waals surface area contributed by atoms with Crippen LogP contribution in [0.15, 0.2) is 0 Å². The lowest BCUT2D eigenvalue weighted by molar-refractivity contribution is 0.341. The van der Waals surface area contributed by atoms with Gasteiger partial charge < -0.3 is 0 Å². The third-order valence-electron chi connectivity index (χ3n) is 1.96. The van der Waals surface area contributed by atoms with Crippen molar-refractivity contribution in [3.8, 4) is 0 Å². The fraction of sp³-hybridized carbons (Fsp3) is 1.00. The topological polar surface area (TPSA) is 34.1 Å². The highest BCUT2D eigenvalue weighted by atomic mass is 32.2. The molecule has 60 valence electrons. The molecule has 0 N–H and O–H groups in total. The summed E-state index contributed by atoms with van der Waals surface area (Å²) in [7, 11) is -3.15. The molecule has 10 heavy (non-hydrogen) atoms. The smallest absolute Gasteiger partial charge is 0.158 e. The van der Waals surface area contributed by atoms with Crippen molar-refractivity contribution in [3.63, 3.8) is 0 Å². The molecule has 1 atom stereocenters. The maximum Gasteiger partial charge on any atom is 0.158 e. The lowest BCUT2D eigenvalue weighted by atomic mass is 10.1. The van der Waals surface area contributed by atoms with Gasteiger partial charge in [0.1, 0.15) is 6.17 Å². The molecule has 0 aliphatic carbocycles. The lowest BCUT2D eigenvalue weighted by Crippen LogP contribution is -2.26. The summed E-state index contributed by atoms with van der Waals surface area (Å²) < 4.78 is 33.8. The molecule has 1 saturated heterocycles. The van der Waals surface area contributed by atoms with Gasteiger partial charge in [0.25, 0.3) is 0 Å². The quantitative estimate of drug-likeness (QED) is 0.536. The minimum Gasteiger partial charge on any atom is -0.246 e. The summed E-state index contributed by atoms with van der Waals surface area (Å²) in [5.74, 6) is -0.292. The van der Waals surface area contributed by atoms with Crippen molar-refractivity contribution in [2.45, 2.75) is 31.2 Å². The van der Waals surface area contributed by atoms with Gasteiger partial charge >= 0.3 is 0 Å². The molecule has 1 aliphatic heterocycles. The van der Waals surface area contributed by atoms with Gasteiger partial charge in [-0.15, -0.1) is 0 Å². The molecule has 0 radical (unpaired) electrons. The second-order valence-corrected chi connectivity index (χ2v) is 6.01. The largest absolute Gasteiger partial charge is 0.246 e. The average Bonchev–Trinajstić information content (AvgIpc) is 1.73. The highest BCUT2D eigenvalue weighted by Crippen LogP contribution is 2.32. The minimum absolute atomic E-state index is 0.148. The van der Waals surface area contributed by atoms with E-state index in [-0.39, 0.29) is 12.2 Å². The van der Waals surface area contributed by atoms with Crippen LogP contribution in [-0.2, 0) is 9.84 Å². The van der Waals surface area contributed by atoms with E-state index >= 15 is 0 Å². The Bertz CT molecular complexity index is 230. The summed E-state index contributed by atoms with van der Waals surface area (Å²) in [6, 6.07) is 0. The van der Waals surface area contributed by atoms with Gasteiger partial charge in [-0.2, -0.15) is 0 Å². The number of alkyl halides is 1. The molecular weight excluding hydrogens is 155 g/mol. The van der Waals surface area contributed by atoms with E-state index in [1.165, 1.54) is 0 Å². The second-order valence-electron chi connectivity index (χ2n) is 3.34. The molecule has 1 fully saturated rings. The highest BCUT2D eigenvalue weighted by Gasteiger charge is 2.45. The van der Waals surface area contributed by atoms with Gasteiger partial charge in [0.2, 0.25) is 0 Å². The first-order valence-electron chi connectivity index (χ1n) is 3.21. The Balaban J connectivity index is 3.01. The summed E-state index contributed by atoms with van der Waals surface area (Å²) in [4.78, 5) is 0. The third-order valence-corrected chi connectivity index (χ3v) is 4.61. The molecule has 0 aromatic rings. The Kier molecular flexibility index (Phi) is 1.54. The van der Waals surface area contributed by atoms with Crippen molar-refractivity contribution in [2.75, 3.05) is 5.75 Å². The molecule has 0 amide bonds. The Morgan fingerprint density at radius 2 is 2.00 bits per heavy atom. The van der Waals surface area contributed by atoms with Gasteiger partial charge in [-0.3, -0.25) is 0 Å². The van der Waals surface area contributed by atoms with E-state index in [1.807, 2.05) is 0 Å². The fourth-order valence-electron chi connectivity index (χ4n) is 1.18. The van der Waals surface area contributed by atoms with Crippen LogP contribution in [0.4, 0.5) is 4.39 Å². The van der Waals surface area contributed by atoms with Crippen molar-refractivity contribution in [2.24, 2.45) is 0 Å². The summed E-state index contributed by atoms with van der Waals surface area (Å²) in [5.41, 5.74) is 0. The van der Waals surface area contributed by atoms with Gasteiger partial charge in [0.15, 0.2) is 9.84 Å². The Labute approximate surface area is 60.3 Å². The zero-order valence-electron chi connectivity index (χ0n) is 6.09. The Hall–Kier alpha value is -0.120. The molecule has 4 heteroatoms. The molecule has 1 unspecified atom stereocenters. The number of hydrogen-bond donors (Lipinski definition) is 0. The van der Waals surface area contributed by atoms with Gasteiger partial charge in [-0.05, 0) is 20.3 Å². The van der Waals surface area contributed by atoms with Crippen molar-refractivity contribution < 1.29 is 12.8 Å². The van der Waals surface area contributed by atoms with E-state index in [9.17, 15) is 12.8 Å². The lowest BCUT2D eigenvalue weighted by Gasteiger charge is -2.14. The van der Waals surface area contributed by atoms with Crippen LogP contribution < -0.4 is 0 Å². The van der Waals surface area contributed by atoms with E-state index in [4.69, 9.17) is 0 Å². The number of rotatable bonds is 0. The zero-order chi connectivity index (χ0) is 7.99. The average molecular weight is 166 g/mol. The maximum absolute atomic E-state index is 12.5. The molecule has 2 nitrogen and oxygen atoms in total. The number of halogens is 1. The normalized spacial score (nSPS) is 36.1. The van der Waals surface area contributed by atoms with E-state index in [2.05, 4.69) is 0 Å². The number of hydrogen-bond acceptors (Lipinski definition) is 2. The summed E-state index contributed by atoms with van der Waals surface area (Å²) >= 11 is 0. The van der Waals surface area contributed by atoms with Crippen molar-refractivity contribution in [1.82, 2.24) is 0 Å². The predicted octanol–water partition coefficient (Wildman–Crippen LogP) is 0.922. The van der Waals surface area contributed by atoms with Crippen LogP contribution in [0.2, 0.25) is 0 Å². The van der Waals surface area contributed by atoms with E-state index in [0.717, 1.165) is 0 Å². The van der Waals surface area contributed by atoms with E-state index < -0.39 is 20.8 Å². The van der Waals surface area contributed by atoms with Gasteiger partial charge in [-0.1, -0.05) is 0 Å². The standard InChI is InChI=1S/C6H11FO2S/c1-6(2)3-5(7)4-10(6,8)9/h5H,3-4H2,1-2H3. The summed E-state index contributed by atoms with van der Waals surface area (Å²) in [5, 5.41) is 0. The number of sulfone groups is 1. The van der Waals surface area contributed by atoms with Crippen LogP contribution >= 0.6 is 0 Å². The molecule has 0 bridgehead atoms. The van der Waals surface area contributed by atoms with E-state index in [0.29, 0.717) is 0 Å². The molecule has 1 aliphatic rings. The molecule has 0 aromatic carbocycles. The van der Waals surface area contributed by atoms with Crippen LogP contribution in [0.1, 0.15) is 20.3 Å². The molecular formula is C6H11FO2S. The molecule has 1 heterocycles. The molecule has 1 rings (SSSR count). The first-order chi connectivity index (χ1) is 4.35. The van der Waals surface area contributed by atoms with Crippen LogP contribution in [-0.4, -0.2) is 25.1 Å². The van der Waals surface area contributed by atoms with Gasteiger partial charge in [0, 0.05) is 0 Å². The van der Waals surface area contributed by atoms with Crippen LogP contribution in [0.3, 0.4) is 0 Å².